The van der Waals surface area contributed by atoms with E-state index >= 15 is 0 Å². The van der Waals surface area contributed by atoms with Gasteiger partial charge in [0.25, 0.3) is 0 Å². The van der Waals surface area contributed by atoms with E-state index in [4.69, 9.17) is 0 Å². The first-order valence-corrected chi connectivity index (χ1v) is 19.1. The Labute approximate surface area is 224 Å². The molecule has 0 saturated heterocycles. The highest BCUT2D eigenvalue weighted by molar-refractivity contribution is 8.44. The van der Waals surface area contributed by atoms with Crippen molar-refractivity contribution in [3.05, 3.63) is 25.4 Å². The summed E-state index contributed by atoms with van der Waals surface area (Å²) in [5.74, 6) is 2.32. The van der Waals surface area contributed by atoms with Crippen LogP contribution in [0.15, 0.2) is 25.4 Å². The van der Waals surface area contributed by atoms with E-state index in [2.05, 4.69) is 43.2 Å². The van der Waals surface area contributed by atoms with Crippen molar-refractivity contribution in [3.63, 3.8) is 0 Å². The lowest BCUT2D eigenvalue weighted by Crippen LogP contribution is -1.84. The van der Waals surface area contributed by atoms with E-state index in [0.717, 1.165) is 5.75 Å². The van der Waals surface area contributed by atoms with E-state index in [-0.39, 0.29) is 0 Å². The van der Waals surface area contributed by atoms with Crippen LogP contribution in [0.4, 0.5) is 0 Å². The highest BCUT2D eigenvalue weighted by Crippen LogP contribution is 2.65. The summed E-state index contributed by atoms with van der Waals surface area (Å²) < 4.78 is 8.99. The molecule has 0 aromatic heterocycles. The van der Waals surface area contributed by atoms with E-state index in [1.54, 1.807) is 4.24 Å². The van der Waals surface area contributed by atoms with E-state index in [0.29, 0.717) is 0 Å². The van der Waals surface area contributed by atoms with Crippen LogP contribution in [0.2, 0.25) is 0 Å². The van der Waals surface area contributed by atoms with E-state index in [1.807, 2.05) is 82.3 Å². The summed E-state index contributed by atoms with van der Waals surface area (Å²) in [7, 11) is 0. The maximum Gasteiger partial charge on any atom is 0.0717 e. The van der Waals surface area contributed by atoms with Crippen molar-refractivity contribution in [1.82, 2.24) is 0 Å². The number of thiol groups is 1. The average molecular weight is 575 g/mol. The Morgan fingerprint density at radius 3 is 1.33 bits per heavy atom. The zero-order valence-electron chi connectivity index (χ0n) is 18.2. The van der Waals surface area contributed by atoms with Crippen molar-refractivity contribution < 1.29 is 0 Å². The fourth-order valence-corrected chi connectivity index (χ4v) is 14.0. The summed E-state index contributed by atoms with van der Waals surface area (Å²) in [6, 6.07) is 0. The van der Waals surface area contributed by atoms with Crippen molar-refractivity contribution in [1.29, 1.82) is 0 Å². The Morgan fingerprint density at radius 1 is 0.533 bits per heavy atom. The Hall–Kier alpha value is 2.37. The lowest BCUT2D eigenvalue weighted by molar-refractivity contribution is 0.564. The molecule has 0 spiro atoms. The first-order valence-electron chi connectivity index (χ1n) is 10.5. The third-order valence-corrected chi connectivity index (χ3v) is 16.1. The van der Waals surface area contributed by atoms with Crippen molar-refractivity contribution >= 4 is 107 Å². The van der Waals surface area contributed by atoms with Gasteiger partial charge in [0.15, 0.2) is 0 Å². The topological polar surface area (TPSA) is 0 Å². The summed E-state index contributed by atoms with van der Waals surface area (Å²) >= 11 is 20.0. The zero-order valence-corrected chi connectivity index (χ0v) is 25.6. The van der Waals surface area contributed by atoms with Gasteiger partial charge < -0.3 is 0 Å². The Bertz CT molecular complexity index is 592. The van der Waals surface area contributed by atoms with Crippen LogP contribution in [-0.4, -0.2) is 30.3 Å². The van der Waals surface area contributed by atoms with Gasteiger partial charge >= 0.3 is 0 Å². The fraction of sp³-hybridized carbons (Fsp3) is 0.714. The molecule has 0 nitrogen and oxygen atoms in total. The molecule has 0 atom stereocenters. The molecule has 0 unspecified atom stereocenters. The smallest absolute Gasteiger partial charge is 0.0717 e. The molecule has 2 aliphatic rings. The minimum absolute atomic E-state index is 1.05. The zero-order chi connectivity index (χ0) is 21.6. The van der Waals surface area contributed by atoms with Gasteiger partial charge in [0.05, 0.1) is 25.4 Å². The Kier molecular flexibility index (Phi) is 16.9. The maximum absolute atomic E-state index is 4.28. The van der Waals surface area contributed by atoms with Crippen LogP contribution in [0, 0.1) is 0 Å². The molecule has 0 fully saturated rings. The number of hydrogen-bond donors (Lipinski definition) is 1. The third kappa shape index (κ3) is 10.3. The molecule has 0 amide bonds. The molecule has 0 aromatic rings. The van der Waals surface area contributed by atoms with Gasteiger partial charge in [-0.3, -0.25) is 0 Å². The standard InChI is InChI=1S/C21H34S9/c1-23-16-17(24-2)28-20(27-16)21-29-18(25-3)19(30-21)26-15-13-11-9-7-5-4-6-8-10-12-14-22/h22H,4-15H2,1-3H3. The average Bonchev–Trinajstić information content (AvgIpc) is 3.37. The van der Waals surface area contributed by atoms with Gasteiger partial charge in [0.1, 0.15) is 0 Å². The number of hydrogen-bond acceptors (Lipinski definition) is 9. The molecule has 0 aliphatic carbocycles. The van der Waals surface area contributed by atoms with Crippen LogP contribution < -0.4 is 0 Å². The summed E-state index contributed by atoms with van der Waals surface area (Å²) in [4.78, 5) is 0. The van der Waals surface area contributed by atoms with Crippen LogP contribution in [0.25, 0.3) is 0 Å². The molecule has 0 radical (unpaired) electrons. The van der Waals surface area contributed by atoms with E-state index < -0.39 is 0 Å². The van der Waals surface area contributed by atoms with Gasteiger partial charge in [0.2, 0.25) is 0 Å². The van der Waals surface area contributed by atoms with Crippen molar-refractivity contribution in [2.24, 2.45) is 0 Å². The van der Waals surface area contributed by atoms with Crippen molar-refractivity contribution in [3.8, 4) is 0 Å². The summed E-state index contributed by atoms with van der Waals surface area (Å²) in [6.07, 6.45) is 20.5. The lowest BCUT2D eigenvalue weighted by atomic mass is 10.1. The monoisotopic (exact) mass is 574 g/mol. The minimum Gasteiger partial charge on any atom is -0.179 e. The number of thioether (sulfide) groups is 8. The van der Waals surface area contributed by atoms with Gasteiger partial charge in [0, 0.05) is 0 Å². The molecule has 0 N–H and O–H groups in total. The first-order chi connectivity index (χ1) is 14.7. The second kappa shape index (κ2) is 17.8. The largest absolute Gasteiger partial charge is 0.179 e. The van der Waals surface area contributed by atoms with E-state index in [9.17, 15) is 0 Å². The molecule has 0 aromatic carbocycles. The number of rotatable bonds is 16. The molecule has 2 aliphatic heterocycles. The quantitative estimate of drug-likeness (QED) is 0.141. The Balaban J connectivity index is 1.60. The normalized spacial score (nSPS) is 17.2. The van der Waals surface area contributed by atoms with Crippen molar-refractivity contribution in [2.45, 2.75) is 64.2 Å². The second-order valence-corrected chi connectivity index (χ2v) is 16.5. The van der Waals surface area contributed by atoms with Crippen LogP contribution in [0.3, 0.4) is 0 Å². The summed E-state index contributed by atoms with van der Waals surface area (Å²) in [6.45, 7) is 0. The minimum atomic E-state index is 1.05. The molecule has 30 heavy (non-hydrogen) atoms. The van der Waals surface area contributed by atoms with Crippen LogP contribution in [0.1, 0.15) is 64.2 Å². The molecule has 9 heteroatoms. The summed E-state index contributed by atoms with van der Waals surface area (Å²) in [5, 5.41) is 0. The van der Waals surface area contributed by atoms with Gasteiger partial charge in [-0.25, -0.2) is 0 Å². The highest BCUT2D eigenvalue weighted by atomic mass is 32.3. The molecular formula is C21H34S9. The van der Waals surface area contributed by atoms with Gasteiger partial charge in [-0.05, 0) is 43.1 Å². The van der Waals surface area contributed by atoms with Gasteiger partial charge in [-0.15, -0.1) is 47.0 Å². The summed E-state index contributed by atoms with van der Waals surface area (Å²) in [5.41, 5.74) is 0. The lowest BCUT2D eigenvalue weighted by Gasteiger charge is -2.04. The SMILES string of the molecule is CSC1=C(SC)SC(=C2SC(SC)=C(SCCCCCCCCCCCCS)S2)S1. The highest BCUT2D eigenvalue weighted by Gasteiger charge is 2.29. The Morgan fingerprint density at radius 2 is 0.900 bits per heavy atom. The van der Waals surface area contributed by atoms with Crippen LogP contribution in [-0.2, 0) is 0 Å². The molecule has 0 saturated carbocycles. The fourth-order valence-electron chi connectivity index (χ4n) is 2.97. The van der Waals surface area contributed by atoms with Crippen LogP contribution >= 0.6 is 107 Å². The van der Waals surface area contributed by atoms with Gasteiger partial charge in [-0.2, -0.15) is 12.6 Å². The predicted octanol–water partition coefficient (Wildman–Crippen LogP) is 11.0. The molecular weight excluding hydrogens is 541 g/mol. The van der Waals surface area contributed by atoms with E-state index in [1.165, 1.54) is 91.1 Å². The molecule has 0 bridgehead atoms. The maximum atomic E-state index is 4.28. The molecule has 2 rings (SSSR count). The van der Waals surface area contributed by atoms with Crippen molar-refractivity contribution in [2.75, 3.05) is 30.3 Å². The van der Waals surface area contributed by atoms with Gasteiger partial charge in [-0.1, -0.05) is 98.4 Å². The first kappa shape index (κ1) is 28.6. The number of unbranched alkanes of at least 4 members (excludes halogenated alkanes) is 9. The molecule has 172 valence electrons. The van der Waals surface area contributed by atoms with Crippen LogP contribution in [0.5, 0.6) is 0 Å². The molecule has 2 heterocycles. The predicted molar refractivity (Wildman–Crippen MR) is 164 cm³/mol. The second-order valence-electron chi connectivity index (χ2n) is 6.85. The third-order valence-electron chi connectivity index (χ3n) is 4.58.